The van der Waals surface area contributed by atoms with Gasteiger partial charge in [-0.2, -0.15) is 8.78 Å². The third-order valence-electron chi connectivity index (χ3n) is 2.49. The zero-order valence-electron chi connectivity index (χ0n) is 9.68. The highest BCUT2D eigenvalue weighted by Gasteiger charge is 2.20. The molecule has 1 aromatic carbocycles. The number of nitrogens with one attached hydrogen (secondary N) is 1. The summed E-state index contributed by atoms with van der Waals surface area (Å²) in [6.45, 7) is -3.43. The van der Waals surface area contributed by atoms with Gasteiger partial charge in [-0.15, -0.1) is 0 Å². The van der Waals surface area contributed by atoms with E-state index in [1.54, 1.807) is 0 Å². The van der Waals surface area contributed by atoms with Crippen molar-refractivity contribution >= 4 is 5.69 Å². The third-order valence-corrected chi connectivity index (χ3v) is 2.49. The molecule has 0 spiro atoms. The molecule has 0 amide bonds. The molecule has 0 unspecified atom stereocenters. The highest BCUT2D eigenvalue weighted by molar-refractivity contribution is 5.47. The van der Waals surface area contributed by atoms with Crippen molar-refractivity contribution in [1.29, 1.82) is 0 Å². The summed E-state index contributed by atoms with van der Waals surface area (Å²) in [5, 5.41) is 2.01. The van der Waals surface area contributed by atoms with Crippen molar-refractivity contribution in [3.63, 3.8) is 0 Å². The van der Waals surface area contributed by atoms with Crippen LogP contribution in [0.3, 0.4) is 0 Å². The minimum atomic E-state index is -2.90. The van der Waals surface area contributed by atoms with Crippen LogP contribution in [0.5, 0.6) is 0 Å². The van der Waals surface area contributed by atoms with Crippen molar-refractivity contribution in [2.45, 2.75) is 13.1 Å². The van der Waals surface area contributed by atoms with E-state index < -0.39 is 42.1 Å². The lowest BCUT2D eigenvalue weighted by atomic mass is 10.2. The van der Waals surface area contributed by atoms with Crippen LogP contribution in [-0.2, 0) is 6.54 Å². The molecule has 1 aromatic heterocycles. The van der Waals surface area contributed by atoms with Gasteiger partial charge in [0, 0.05) is 18.5 Å². The number of imidazole rings is 1. The average molecular weight is 295 g/mol. The molecule has 1 N–H and O–H groups in total. The van der Waals surface area contributed by atoms with Gasteiger partial charge in [0.05, 0.1) is 6.54 Å². The first kappa shape index (κ1) is 14.2. The molecule has 0 bridgehead atoms. The highest BCUT2D eigenvalue weighted by atomic mass is 19.3. The minimum Gasteiger partial charge on any atom is -0.373 e. The van der Waals surface area contributed by atoms with Crippen LogP contribution in [0.25, 0.3) is 0 Å². The average Bonchev–Trinajstić information content (AvgIpc) is 2.85. The Balaban J connectivity index is 2.25. The Bertz CT molecular complexity index is 599. The van der Waals surface area contributed by atoms with Crippen LogP contribution < -0.4 is 5.32 Å². The standard InChI is InChI=1S/C11H7F6N3/c12-5-3-6(13)9(15)10(8(5)14)19-4-7-18-1-2-20(7)11(16)17/h1-3,11,19H,4H2. The predicted octanol–water partition coefficient (Wildman–Crippen LogP) is 3.45. The Hall–Kier alpha value is -2.19. The molecule has 3 nitrogen and oxygen atoms in total. The topological polar surface area (TPSA) is 29.9 Å². The zero-order valence-corrected chi connectivity index (χ0v) is 9.68. The predicted molar refractivity (Wildman–Crippen MR) is 57.1 cm³/mol. The van der Waals surface area contributed by atoms with Crippen LogP contribution in [-0.4, -0.2) is 9.55 Å². The van der Waals surface area contributed by atoms with E-state index in [9.17, 15) is 26.3 Å². The Kier molecular flexibility index (Phi) is 3.86. The molecule has 2 aromatic rings. The second-order valence-corrected chi connectivity index (χ2v) is 3.73. The van der Waals surface area contributed by atoms with E-state index >= 15 is 0 Å². The normalized spacial score (nSPS) is 11.2. The maximum Gasteiger partial charge on any atom is 0.319 e. The van der Waals surface area contributed by atoms with Crippen molar-refractivity contribution in [2.75, 3.05) is 5.32 Å². The van der Waals surface area contributed by atoms with Gasteiger partial charge in [-0.25, -0.2) is 22.5 Å². The summed E-state index contributed by atoms with van der Waals surface area (Å²) < 4.78 is 77.9. The van der Waals surface area contributed by atoms with Crippen molar-refractivity contribution in [1.82, 2.24) is 9.55 Å². The number of hydrogen-bond donors (Lipinski definition) is 1. The first-order chi connectivity index (χ1) is 9.41. The molecule has 2 rings (SSSR count). The van der Waals surface area contributed by atoms with Gasteiger partial charge in [-0.1, -0.05) is 0 Å². The van der Waals surface area contributed by atoms with Gasteiger partial charge < -0.3 is 5.32 Å². The molecule has 0 radical (unpaired) electrons. The van der Waals surface area contributed by atoms with Gasteiger partial charge >= 0.3 is 6.55 Å². The van der Waals surface area contributed by atoms with Crippen molar-refractivity contribution in [3.8, 4) is 0 Å². The smallest absolute Gasteiger partial charge is 0.319 e. The molecule has 0 atom stereocenters. The zero-order chi connectivity index (χ0) is 14.9. The Morgan fingerprint density at radius 2 is 1.70 bits per heavy atom. The highest BCUT2D eigenvalue weighted by Crippen LogP contribution is 2.24. The van der Waals surface area contributed by atoms with E-state index in [2.05, 4.69) is 4.98 Å². The molecule has 1 heterocycles. The number of halogens is 6. The maximum atomic E-state index is 13.3. The Labute approximate surface area is 108 Å². The van der Waals surface area contributed by atoms with Crippen molar-refractivity contribution in [2.24, 2.45) is 0 Å². The van der Waals surface area contributed by atoms with Gasteiger partial charge in [-0.05, 0) is 0 Å². The molecule has 0 aliphatic carbocycles. The second kappa shape index (κ2) is 5.43. The van der Waals surface area contributed by atoms with E-state index in [0.717, 1.165) is 12.4 Å². The molecule has 20 heavy (non-hydrogen) atoms. The summed E-state index contributed by atoms with van der Waals surface area (Å²) in [4.78, 5) is 3.54. The summed E-state index contributed by atoms with van der Waals surface area (Å²) in [6.07, 6.45) is 2.02. The summed E-state index contributed by atoms with van der Waals surface area (Å²) >= 11 is 0. The molecule has 0 saturated carbocycles. The van der Waals surface area contributed by atoms with Gasteiger partial charge in [0.25, 0.3) is 0 Å². The van der Waals surface area contributed by atoms with E-state index in [1.165, 1.54) is 0 Å². The fourth-order valence-electron chi connectivity index (χ4n) is 1.55. The van der Waals surface area contributed by atoms with E-state index in [-0.39, 0.29) is 11.9 Å². The Morgan fingerprint density at radius 3 is 2.25 bits per heavy atom. The number of alkyl halides is 2. The van der Waals surface area contributed by atoms with Gasteiger partial charge in [0.15, 0.2) is 23.3 Å². The first-order valence-electron chi connectivity index (χ1n) is 5.28. The van der Waals surface area contributed by atoms with Crippen LogP contribution >= 0.6 is 0 Å². The van der Waals surface area contributed by atoms with Crippen molar-refractivity contribution in [3.05, 3.63) is 47.6 Å². The van der Waals surface area contributed by atoms with Crippen LogP contribution in [0.15, 0.2) is 18.5 Å². The number of rotatable bonds is 4. The van der Waals surface area contributed by atoms with Crippen LogP contribution in [0.1, 0.15) is 12.4 Å². The van der Waals surface area contributed by atoms with Crippen molar-refractivity contribution < 1.29 is 26.3 Å². The van der Waals surface area contributed by atoms with Gasteiger partial charge in [0.2, 0.25) is 0 Å². The lowest BCUT2D eigenvalue weighted by Gasteiger charge is -2.11. The van der Waals surface area contributed by atoms with E-state index in [1.807, 2.05) is 5.32 Å². The van der Waals surface area contributed by atoms with Gasteiger partial charge in [-0.3, -0.25) is 4.57 Å². The monoisotopic (exact) mass is 295 g/mol. The fraction of sp³-hybridized carbons (Fsp3) is 0.182. The molecule has 9 heteroatoms. The lowest BCUT2D eigenvalue weighted by Crippen LogP contribution is -2.12. The molecular formula is C11H7F6N3. The largest absolute Gasteiger partial charge is 0.373 e. The number of benzene rings is 1. The summed E-state index contributed by atoms with van der Waals surface area (Å²) in [7, 11) is 0. The lowest BCUT2D eigenvalue weighted by molar-refractivity contribution is 0.0673. The molecule has 0 aliphatic rings. The summed E-state index contributed by atoms with van der Waals surface area (Å²) in [6, 6.07) is 0.0515. The quantitative estimate of drug-likeness (QED) is 0.691. The van der Waals surface area contributed by atoms with E-state index in [4.69, 9.17) is 0 Å². The van der Waals surface area contributed by atoms with Crippen LogP contribution in [0.2, 0.25) is 0 Å². The van der Waals surface area contributed by atoms with Crippen LogP contribution in [0, 0.1) is 23.3 Å². The molecular weight excluding hydrogens is 288 g/mol. The SMILES string of the molecule is Fc1cc(F)c(F)c(NCc2nccn2C(F)F)c1F. The number of nitrogens with zero attached hydrogens (tertiary/aromatic N) is 2. The van der Waals surface area contributed by atoms with Crippen LogP contribution in [0.4, 0.5) is 32.0 Å². The number of hydrogen-bond acceptors (Lipinski definition) is 2. The van der Waals surface area contributed by atoms with Gasteiger partial charge in [0.1, 0.15) is 11.5 Å². The summed E-state index contributed by atoms with van der Waals surface area (Å²) in [5.74, 6) is -6.71. The maximum absolute atomic E-state index is 13.3. The number of anilines is 1. The molecule has 0 aliphatic heterocycles. The molecule has 0 fully saturated rings. The molecule has 0 saturated heterocycles. The Morgan fingerprint density at radius 1 is 1.10 bits per heavy atom. The second-order valence-electron chi connectivity index (χ2n) is 3.73. The summed E-state index contributed by atoms with van der Waals surface area (Å²) in [5.41, 5.74) is -1.08. The molecule has 108 valence electrons. The van der Waals surface area contributed by atoms with E-state index in [0.29, 0.717) is 4.57 Å². The number of aromatic nitrogens is 2. The fourth-order valence-corrected chi connectivity index (χ4v) is 1.55. The minimum absolute atomic E-state index is 0.0515. The first-order valence-corrected chi connectivity index (χ1v) is 5.28. The third kappa shape index (κ3) is 2.56.